The van der Waals surface area contributed by atoms with Crippen LogP contribution in [-0.2, 0) is 16.6 Å². The van der Waals surface area contributed by atoms with Gasteiger partial charge in [-0.3, -0.25) is 4.72 Å². The van der Waals surface area contributed by atoms with Gasteiger partial charge in [-0.1, -0.05) is 56.3 Å². The number of aryl methyl sites for hydroxylation is 1. The number of aromatic nitrogens is 2. The van der Waals surface area contributed by atoms with Crippen LogP contribution < -0.4 is 4.72 Å². The Balaban J connectivity index is 1.85. The second-order valence-electron chi connectivity index (χ2n) is 6.64. The maximum atomic E-state index is 12.7. The number of hydrogen-bond acceptors (Lipinski definition) is 3. The molecule has 6 heteroatoms. The standard InChI is InChI=1S/C20H23N3O2S/c1-15(2)18-9-11-19(12-10-18)26(24,25)22-20-13-16(3)21-23(20)14-17-7-5-4-6-8-17/h4-13,15,22H,14H2,1-3H3. The van der Waals surface area contributed by atoms with Crippen LogP contribution in [0, 0.1) is 6.92 Å². The Morgan fingerprint density at radius 1 is 1.04 bits per heavy atom. The van der Waals surface area contributed by atoms with E-state index < -0.39 is 10.0 Å². The van der Waals surface area contributed by atoms with Gasteiger partial charge in [0.25, 0.3) is 10.0 Å². The van der Waals surface area contributed by atoms with Crippen molar-refractivity contribution in [3.63, 3.8) is 0 Å². The normalized spacial score (nSPS) is 11.7. The molecule has 3 rings (SSSR count). The number of rotatable bonds is 6. The van der Waals surface area contributed by atoms with Crippen LogP contribution in [0.1, 0.15) is 36.6 Å². The van der Waals surface area contributed by atoms with Gasteiger partial charge in [0.15, 0.2) is 0 Å². The van der Waals surface area contributed by atoms with Crippen LogP contribution in [0.5, 0.6) is 0 Å². The molecule has 2 aromatic carbocycles. The lowest BCUT2D eigenvalue weighted by molar-refractivity contribution is 0.599. The number of anilines is 1. The molecule has 0 unspecified atom stereocenters. The van der Waals surface area contributed by atoms with Gasteiger partial charge in [0.2, 0.25) is 0 Å². The van der Waals surface area contributed by atoms with Gasteiger partial charge in [-0.15, -0.1) is 0 Å². The molecule has 136 valence electrons. The van der Waals surface area contributed by atoms with Crippen molar-refractivity contribution in [2.45, 2.75) is 38.1 Å². The molecule has 0 amide bonds. The lowest BCUT2D eigenvalue weighted by Crippen LogP contribution is -2.17. The molecule has 0 aliphatic heterocycles. The summed E-state index contributed by atoms with van der Waals surface area (Å²) in [5.41, 5.74) is 2.92. The van der Waals surface area contributed by atoms with E-state index in [4.69, 9.17) is 0 Å². The van der Waals surface area contributed by atoms with E-state index in [0.717, 1.165) is 16.8 Å². The Morgan fingerprint density at radius 2 is 1.69 bits per heavy atom. The zero-order valence-electron chi connectivity index (χ0n) is 15.2. The molecule has 0 spiro atoms. The van der Waals surface area contributed by atoms with Gasteiger partial charge in [0.05, 0.1) is 17.1 Å². The average Bonchev–Trinajstić information content (AvgIpc) is 2.94. The lowest BCUT2D eigenvalue weighted by Gasteiger charge is -2.12. The Hall–Kier alpha value is -2.60. The Kier molecular flexibility index (Phi) is 5.13. The van der Waals surface area contributed by atoms with Gasteiger partial charge in [-0.05, 0) is 36.1 Å². The molecular weight excluding hydrogens is 346 g/mol. The number of hydrogen-bond donors (Lipinski definition) is 1. The van der Waals surface area contributed by atoms with Crippen LogP contribution in [0.15, 0.2) is 65.6 Å². The first-order chi connectivity index (χ1) is 12.3. The fraction of sp³-hybridized carbons (Fsp3) is 0.250. The van der Waals surface area contributed by atoms with Gasteiger partial charge < -0.3 is 0 Å². The van der Waals surface area contributed by atoms with E-state index in [1.165, 1.54) is 0 Å². The maximum Gasteiger partial charge on any atom is 0.263 e. The average molecular weight is 369 g/mol. The second kappa shape index (κ2) is 7.33. The van der Waals surface area contributed by atoms with E-state index in [1.54, 1.807) is 22.9 Å². The third kappa shape index (κ3) is 4.14. The van der Waals surface area contributed by atoms with Gasteiger partial charge in [0, 0.05) is 6.07 Å². The zero-order chi connectivity index (χ0) is 18.7. The SMILES string of the molecule is Cc1cc(NS(=O)(=O)c2ccc(C(C)C)cc2)n(Cc2ccccc2)n1. The highest BCUT2D eigenvalue weighted by atomic mass is 32.2. The van der Waals surface area contributed by atoms with Crippen LogP contribution in [0.4, 0.5) is 5.82 Å². The molecule has 0 aliphatic carbocycles. The van der Waals surface area contributed by atoms with Crippen molar-refractivity contribution in [3.05, 3.63) is 77.5 Å². The van der Waals surface area contributed by atoms with Crippen molar-refractivity contribution >= 4 is 15.8 Å². The summed E-state index contributed by atoms with van der Waals surface area (Å²) < 4.78 is 29.8. The number of sulfonamides is 1. The van der Waals surface area contributed by atoms with Gasteiger partial charge in [0.1, 0.15) is 5.82 Å². The molecule has 0 radical (unpaired) electrons. The molecule has 0 fully saturated rings. The van der Waals surface area contributed by atoms with Crippen LogP contribution in [-0.4, -0.2) is 18.2 Å². The molecule has 0 saturated carbocycles. The minimum absolute atomic E-state index is 0.243. The third-order valence-electron chi connectivity index (χ3n) is 4.17. The molecule has 1 aromatic heterocycles. The summed E-state index contributed by atoms with van der Waals surface area (Å²) in [6, 6.07) is 18.5. The highest BCUT2D eigenvalue weighted by Crippen LogP contribution is 2.21. The summed E-state index contributed by atoms with van der Waals surface area (Å²) >= 11 is 0. The minimum Gasteiger partial charge on any atom is -0.264 e. The van der Waals surface area contributed by atoms with E-state index >= 15 is 0 Å². The smallest absolute Gasteiger partial charge is 0.263 e. The van der Waals surface area contributed by atoms with Gasteiger partial charge in [-0.2, -0.15) is 5.10 Å². The van der Waals surface area contributed by atoms with E-state index in [2.05, 4.69) is 23.7 Å². The molecule has 5 nitrogen and oxygen atoms in total. The van der Waals surface area contributed by atoms with Crippen LogP contribution in [0.25, 0.3) is 0 Å². The van der Waals surface area contributed by atoms with Gasteiger partial charge in [-0.25, -0.2) is 13.1 Å². The maximum absolute atomic E-state index is 12.7. The summed E-state index contributed by atoms with van der Waals surface area (Å²) in [7, 11) is -3.67. The summed E-state index contributed by atoms with van der Waals surface area (Å²) in [5, 5.41) is 4.41. The predicted molar refractivity (Wildman–Crippen MR) is 104 cm³/mol. The quantitative estimate of drug-likeness (QED) is 0.709. The molecule has 0 saturated heterocycles. The first kappa shape index (κ1) is 18.2. The highest BCUT2D eigenvalue weighted by Gasteiger charge is 2.17. The van der Waals surface area contributed by atoms with E-state index in [0.29, 0.717) is 18.3 Å². The van der Waals surface area contributed by atoms with Crippen molar-refractivity contribution in [3.8, 4) is 0 Å². The van der Waals surface area contributed by atoms with E-state index in [9.17, 15) is 8.42 Å². The molecule has 3 aromatic rings. The topological polar surface area (TPSA) is 64.0 Å². The summed E-state index contributed by atoms with van der Waals surface area (Å²) in [5.74, 6) is 0.814. The monoisotopic (exact) mass is 369 g/mol. The number of nitrogens with one attached hydrogen (secondary N) is 1. The number of benzene rings is 2. The summed E-state index contributed by atoms with van der Waals surface area (Å²) in [6.07, 6.45) is 0. The Bertz CT molecular complexity index is 976. The van der Waals surface area contributed by atoms with Crippen molar-refractivity contribution in [2.24, 2.45) is 0 Å². The van der Waals surface area contributed by atoms with E-state index in [1.807, 2.05) is 49.4 Å². The fourth-order valence-corrected chi connectivity index (χ4v) is 3.78. The zero-order valence-corrected chi connectivity index (χ0v) is 16.0. The predicted octanol–water partition coefficient (Wildman–Crippen LogP) is 4.16. The highest BCUT2D eigenvalue weighted by molar-refractivity contribution is 7.92. The Morgan fingerprint density at radius 3 is 2.31 bits per heavy atom. The minimum atomic E-state index is -3.67. The molecule has 26 heavy (non-hydrogen) atoms. The number of nitrogens with zero attached hydrogens (tertiary/aromatic N) is 2. The first-order valence-electron chi connectivity index (χ1n) is 8.56. The molecular formula is C20H23N3O2S. The summed E-state index contributed by atoms with van der Waals surface area (Å²) in [4.78, 5) is 0.243. The van der Waals surface area contributed by atoms with Crippen molar-refractivity contribution in [1.29, 1.82) is 0 Å². The summed E-state index contributed by atoms with van der Waals surface area (Å²) in [6.45, 7) is 6.49. The first-order valence-corrected chi connectivity index (χ1v) is 10.0. The Labute approximate surface area is 154 Å². The molecule has 0 aliphatic rings. The fourth-order valence-electron chi connectivity index (χ4n) is 2.73. The molecule has 1 N–H and O–H groups in total. The van der Waals surface area contributed by atoms with Crippen LogP contribution >= 0.6 is 0 Å². The molecule has 0 atom stereocenters. The van der Waals surface area contributed by atoms with E-state index in [-0.39, 0.29) is 4.90 Å². The van der Waals surface area contributed by atoms with Crippen molar-refractivity contribution < 1.29 is 8.42 Å². The molecule has 0 bridgehead atoms. The second-order valence-corrected chi connectivity index (χ2v) is 8.33. The molecule has 1 heterocycles. The van der Waals surface area contributed by atoms with Crippen LogP contribution in [0.3, 0.4) is 0 Å². The third-order valence-corrected chi connectivity index (χ3v) is 5.54. The van der Waals surface area contributed by atoms with Gasteiger partial charge >= 0.3 is 0 Å². The van der Waals surface area contributed by atoms with Crippen molar-refractivity contribution in [2.75, 3.05) is 4.72 Å². The van der Waals surface area contributed by atoms with Crippen molar-refractivity contribution in [1.82, 2.24) is 9.78 Å². The lowest BCUT2D eigenvalue weighted by atomic mass is 10.0. The largest absolute Gasteiger partial charge is 0.264 e. The van der Waals surface area contributed by atoms with Crippen LogP contribution in [0.2, 0.25) is 0 Å².